The van der Waals surface area contributed by atoms with E-state index in [4.69, 9.17) is 25.0 Å². The first-order valence-electron chi connectivity index (χ1n) is 6.39. The highest BCUT2D eigenvalue weighted by atomic mass is 32.1. The summed E-state index contributed by atoms with van der Waals surface area (Å²) >= 11 is 0. The van der Waals surface area contributed by atoms with Crippen LogP contribution < -0.4 is 10.3 Å². The minimum absolute atomic E-state index is 0. The SMILES string of the molecule is CO[P@@](=O)(CC[C@H](N)C(=O)O)Oc1cccc(CC(=O)O)c1.S. The minimum Gasteiger partial charge on any atom is -0.481 e. The Bertz CT molecular complexity index is 595. The molecule has 0 aliphatic rings. The van der Waals surface area contributed by atoms with Crippen LogP contribution in [-0.2, 0) is 25.1 Å². The van der Waals surface area contributed by atoms with Crippen molar-refractivity contribution in [2.45, 2.75) is 18.9 Å². The van der Waals surface area contributed by atoms with E-state index in [1.54, 1.807) is 12.1 Å². The Kier molecular flexibility index (Phi) is 8.93. The zero-order valence-electron chi connectivity index (χ0n) is 12.5. The molecule has 0 fully saturated rings. The van der Waals surface area contributed by atoms with Gasteiger partial charge in [0.2, 0.25) is 0 Å². The molecule has 0 amide bonds. The highest BCUT2D eigenvalue weighted by Crippen LogP contribution is 2.48. The highest BCUT2D eigenvalue weighted by Gasteiger charge is 2.27. The maximum Gasteiger partial charge on any atom is 0.378 e. The smallest absolute Gasteiger partial charge is 0.378 e. The number of carboxylic acid groups (broad SMARTS) is 2. The van der Waals surface area contributed by atoms with E-state index in [0.717, 1.165) is 0 Å². The molecule has 23 heavy (non-hydrogen) atoms. The summed E-state index contributed by atoms with van der Waals surface area (Å²) < 4.78 is 22.6. The Morgan fingerprint density at radius 3 is 2.52 bits per heavy atom. The average Bonchev–Trinajstić information content (AvgIpc) is 2.44. The molecule has 0 aromatic heterocycles. The Balaban J connectivity index is 0.00000484. The van der Waals surface area contributed by atoms with Crippen molar-refractivity contribution in [2.75, 3.05) is 13.3 Å². The van der Waals surface area contributed by atoms with Crippen LogP contribution in [0.1, 0.15) is 12.0 Å². The quantitative estimate of drug-likeness (QED) is 0.559. The topological polar surface area (TPSA) is 136 Å². The van der Waals surface area contributed by atoms with Gasteiger partial charge < -0.3 is 25.0 Å². The largest absolute Gasteiger partial charge is 0.481 e. The molecule has 4 N–H and O–H groups in total. The molecule has 0 aliphatic carbocycles. The van der Waals surface area contributed by atoms with Crippen LogP contribution in [0, 0.1) is 0 Å². The van der Waals surface area contributed by atoms with Crippen LogP contribution in [0.2, 0.25) is 0 Å². The van der Waals surface area contributed by atoms with Gasteiger partial charge in [-0.2, -0.15) is 13.5 Å². The molecule has 0 heterocycles. The molecule has 0 aliphatic heterocycles. The van der Waals surface area contributed by atoms with Crippen LogP contribution in [0.25, 0.3) is 0 Å². The molecule has 8 nitrogen and oxygen atoms in total. The van der Waals surface area contributed by atoms with Gasteiger partial charge in [-0.15, -0.1) is 0 Å². The Morgan fingerprint density at radius 2 is 2.00 bits per heavy atom. The Hall–Kier alpha value is -1.54. The van der Waals surface area contributed by atoms with Crippen LogP contribution in [0.15, 0.2) is 24.3 Å². The van der Waals surface area contributed by atoms with Gasteiger partial charge in [0.15, 0.2) is 0 Å². The van der Waals surface area contributed by atoms with E-state index in [9.17, 15) is 14.2 Å². The van der Waals surface area contributed by atoms with Gasteiger partial charge in [-0.05, 0) is 24.1 Å². The summed E-state index contributed by atoms with van der Waals surface area (Å²) in [7, 11) is -2.37. The molecule has 0 bridgehead atoms. The second-order valence-corrected chi connectivity index (χ2v) is 6.78. The standard InChI is InChI=1S/C13H18NO7P.H2S/c1-20-22(19,6-5-11(14)13(17)18)21-10-4-2-3-9(7-10)8-12(15)16;/h2-4,7,11H,5-6,8,14H2,1H3,(H,15,16)(H,17,18);1H2/t11-,22-;/m0./s1. The molecule has 0 unspecified atom stereocenters. The van der Waals surface area contributed by atoms with Gasteiger partial charge in [-0.1, -0.05) is 12.1 Å². The van der Waals surface area contributed by atoms with E-state index in [1.165, 1.54) is 19.2 Å². The van der Waals surface area contributed by atoms with Gasteiger partial charge in [0.1, 0.15) is 11.8 Å². The third-order valence-electron chi connectivity index (χ3n) is 2.81. The predicted molar refractivity (Wildman–Crippen MR) is 88.5 cm³/mol. The normalized spacial score (nSPS) is 14.2. The monoisotopic (exact) mass is 365 g/mol. The van der Waals surface area contributed by atoms with Crippen molar-refractivity contribution in [3.63, 3.8) is 0 Å². The number of carbonyl (C=O) groups is 2. The van der Waals surface area contributed by atoms with Crippen molar-refractivity contribution in [1.29, 1.82) is 0 Å². The Labute approximate surface area is 140 Å². The maximum absolute atomic E-state index is 12.4. The summed E-state index contributed by atoms with van der Waals surface area (Å²) in [5, 5.41) is 17.5. The first kappa shape index (κ1) is 21.5. The molecule has 1 aromatic rings. The zero-order chi connectivity index (χ0) is 16.8. The predicted octanol–water partition coefficient (Wildman–Crippen LogP) is 1.45. The molecule has 10 heteroatoms. The van der Waals surface area contributed by atoms with E-state index in [-0.39, 0.29) is 38.2 Å². The Morgan fingerprint density at radius 1 is 1.35 bits per heavy atom. The first-order chi connectivity index (χ1) is 10.3. The fourth-order valence-electron chi connectivity index (χ4n) is 1.64. The number of nitrogens with two attached hydrogens (primary N) is 1. The third kappa shape index (κ3) is 7.51. The molecule has 0 radical (unpaired) electrons. The zero-order valence-corrected chi connectivity index (χ0v) is 14.4. The van der Waals surface area contributed by atoms with Gasteiger partial charge in [0, 0.05) is 7.11 Å². The highest BCUT2D eigenvalue weighted by molar-refractivity contribution is 7.59. The van der Waals surface area contributed by atoms with E-state index in [1.807, 2.05) is 0 Å². The molecule has 0 saturated heterocycles. The number of hydrogen-bond donors (Lipinski definition) is 3. The van der Waals surface area contributed by atoms with Crippen molar-refractivity contribution in [3.05, 3.63) is 29.8 Å². The minimum atomic E-state index is -3.56. The van der Waals surface area contributed by atoms with E-state index in [0.29, 0.717) is 5.56 Å². The molecule has 1 rings (SSSR count). The summed E-state index contributed by atoms with van der Waals surface area (Å²) in [5.74, 6) is -2.02. The molecular weight excluding hydrogens is 345 g/mol. The van der Waals surface area contributed by atoms with Crippen molar-refractivity contribution in [1.82, 2.24) is 0 Å². The second kappa shape index (κ2) is 9.57. The number of hydrogen-bond acceptors (Lipinski definition) is 6. The molecule has 1 aromatic carbocycles. The van der Waals surface area contributed by atoms with Crippen LogP contribution in [-0.4, -0.2) is 41.5 Å². The molecule has 0 saturated carbocycles. The third-order valence-corrected chi connectivity index (χ3v) is 4.66. The fraction of sp³-hybridized carbons (Fsp3) is 0.385. The first-order valence-corrected chi connectivity index (χ1v) is 8.12. The van der Waals surface area contributed by atoms with E-state index in [2.05, 4.69) is 0 Å². The number of benzene rings is 1. The van der Waals surface area contributed by atoms with Gasteiger partial charge in [-0.25, -0.2) is 4.57 Å². The van der Waals surface area contributed by atoms with Crippen molar-refractivity contribution >= 4 is 33.0 Å². The van der Waals surface area contributed by atoms with Crippen LogP contribution in [0.3, 0.4) is 0 Å². The van der Waals surface area contributed by atoms with E-state index < -0.39 is 25.6 Å². The summed E-state index contributed by atoms with van der Waals surface area (Å²) in [6.07, 6.45) is -0.437. The summed E-state index contributed by atoms with van der Waals surface area (Å²) in [5.41, 5.74) is 5.84. The van der Waals surface area contributed by atoms with Gasteiger partial charge >= 0.3 is 19.5 Å². The number of aliphatic carboxylic acids is 2. The summed E-state index contributed by atoms with van der Waals surface area (Å²) in [6.45, 7) is 0. The lowest BCUT2D eigenvalue weighted by atomic mass is 10.1. The van der Waals surface area contributed by atoms with Gasteiger partial charge in [0.05, 0.1) is 12.6 Å². The summed E-state index contributed by atoms with van der Waals surface area (Å²) in [4.78, 5) is 21.3. The fourth-order valence-corrected chi connectivity index (χ4v) is 3.02. The molecule has 2 atom stereocenters. The molecular formula is C13H20NO7PS. The van der Waals surface area contributed by atoms with Gasteiger partial charge in [0.25, 0.3) is 0 Å². The van der Waals surface area contributed by atoms with Crippen LogP contribution >= 0.6 is 21.1 Å². The van der Waals surface area contributed by atoms with Crippen molar-refractivity contribution < 1.29 is 33.4 Å². The number of carboxylic acids is 2. The lowest BCUT2D eigenvalue weighted by Gasteiger charge is -2.18. The lowest BCUT2D eigenvalue weighted by molar-refractivity contribution is -0.138. The van der Waals surface area contributed by atoms with Crippen molar-refractivity contribution in [2.24, 2.45) is 5.73 Å². The molecule has 0 spiro atoms. The maximum atomic E-state index is 12.4. The average molecular weight is 365 g/mol. The lowest BCUT2D eigenvalue weighted by Crippen LogP contribution is -2.31. The van der Waals surface area contributed by atoms with Crippen LogP contribution in [0.5, 0.6) is 5.75 Å². The number of rotatable bonds is 9. The summed E-state index contributed by atoms with van der Waals surface area (Å²) in [6, 6.07) is 4.95. The van der Waals surface area contributed by atoms with E-state index >= 15 is 0 Å². The second-order valence-electron chi connectivity index (χ2n) is 4.56. The van der Waals surface area contributed by atoms with Crippen molar-refractivity contribution in [3.8, 4) is 5.75 Å². The van der Waals surface area contributed by atoms with Crippen LogP contribution in [0.4, 0.5) is 0 Å². The van der Waals surface area contributed by atoms with Gasteiger partial charge in [-0.3, -0.25) is 9.59 Å². The molecule has 130 valence electrons.